The predicted octanol–water partition coefficient (Wildman–Crippen LogP) is 2.81. The van der Waals surface area contributed by atoms with Crippen molar-refractivity contribution in [3.8, 4) is 5.75 Å². The molecular weight excluding hydrogens is 228 g/mol. The van der Waals surface area contributed by atoms with Gasteiger partial charge in [0, 0.05) is 12.0 Å². The summed E-state index contributed by atoms with van der Waals surface area (Å²) in [7, 11) is 0. The van der Waals surface area contributed by atoms with Gasteiger partial charge in [0.15, 0.2) is 5.75 Å². The first-order valence-corrected chi connectivity index (χ1v) is 5.80. The molecule has 0 saturated carbocycles. The van der Waals surface area contributed by atoms with Gasteiger partial charge in [-0.25, -0.2) is 0 Å². The van der Waals surface area contributed by atoms with Gasteiger partial charge in [-0.05, 0) is 29.2 Å². The Labute approximate surface area is 106 Å². The van der Waals surface area contributed by atoms with E-state index in [1.807, 2.05) is 19.9 Å². The molecular formula is C14H18N2O2. The average Bonchev–Trinajstić information content (AvgIpc) is 2.23. The first kappa shape index (κ1) is 12.4. The third kappa shape index (κ3) is 2.14. The number of aromatic hydroxyl groups is 1. The second kappa shape index (κ2) is 3.98. The van der Waals surface area contributed by atoms with Crippen LogP contribution < -0.4 is 11.5 Å². The molecule has 0 bridgehead atoms. The zero-order chi connectivity index (χ0) is 13.5. The number of hydrogen-bond donors (Lipinski definition) is 4. The summed E-state index contributed by atoms with van der Waals surface area (Å²) in [6.07, 6.45) is 4.30. The van der Waals surface area contributed by atoms with E-state index in [1.54, 1.807) is 18.2 Å². The summed E-state index contributed by atoms with van der Waals surface area (Å²) in [6, 6.07) is 3.36. The van der Waals surface area contributed by atoms with Crippen LogP contribution in [0.2, 0.25) is 0 Å². The average molecular weight is 246 g/mol. The number of aliphatic hydroxyl groups excluding tert-OH is 1. The van der Waals surface area contributed by atoms with Crippen LogP contribution in [0.5, 0.6) is 5.75 Å². The molecule has 0 amide bonds. The van der Waals surface area contributed by atoms with Crippen molar-refractivity contribution in [1.29, 1.82) is 0 Å². The van der Waals surface area contributed by atoms with Crippen LogP contribution >= 0.6 is 0 Å². The van der Waals surface area contributed by atoms with Crippen LogP contribution in [0, 0.1) is 5.41 Å². The van der Waals surface area contributed by atoms with Crippen LogP contribution in [-0.2, 0) is 0 Å². The zero-order valence-electron chi connectivity index (χ0n) is 10.6. The highest BCUT2D eigenvalue weighted by Crippen LogP contribution is 2.40. The molecule has 0 saturated heterocycles. The Kier molecular flexibility index (Phi) is 2.73. The molecule has 0 aliphatic heterocycles. The number of nitrogen functional groups attached to an aromatic ring is 2. The summed E-state index contributed by atoms with van der Waals surface area (Å²) in [5.74, 6) is 0.206. The number of phenolic OH excluding ortho intramolecular Hbond substituents is 1. The maximum absolute atomic E-state index is 9.78. The van der Waals surface area contributed by atoms with Gasteiger partial charge in [0.1, 0.15) is 0 Å². The molecule has 0 heterocycles. The van der Waals surface area contributed by atoms with E-state index in [2.05, 4.69) is 0 Å². The fraction of sp³-hybridized carbons (Fsp3) is 0.286. The van der Waals surface area contributed by atoms with Gasteiger partial charge >= 0.3 is 0 Å². The van der Waals surface area contributed by atoms with E-state index >= 15 is 0 Å². The van der Waals surface area contributed by atoms with E-state index < -0.39 is 0 Å². The van der Waals surface area contributed by atoms with Crippen LogP contribution in [0.4, 0.5) is 11.4 Å². The van der Waals surface area contributed by atoms with Crippen LogP contribution in [0.3, 0.4) is 0 Å². The summed E-state index contributed by atoms with van der Waals surface area (Å²) < 4.78 is 0. The molecule has 1 aromatic rings. The Hall–Kier alpha value is -2.10. The molecule has 1 aromatic carbocycles. The Morgan fingerprint density at radius 1 is 1.17 bits per heavy atom. The van der Waals surface area contributed by atoms with Crippen molar-refractivity contribution in [2.45, 2.75) is 20.3 Å². The second-order valence-electron chi connectivity index (χ2n) is 5.37. The van der Waals surface area contributed by atoms with Crippen molar-refractivity contribution in [3.05, 3.63) is 35.6 Å². The lowest BCUT2D eigenvalue weighted by atomic mass is 9.80. The summed E-state index contributed by atoms with van der Waals surface area (Å²) in [6.45, 7) is 4.06. The number of phenols is 1. The van der Waals surface area contributed by atoms with Crippen molar-refractivity contribution in [3.63, 3.8) is 0 Å². The highest BCUT2D eigenvalue weighted by Gasteiger charge is 2.23. The number of allylic oxidation sites excluding steroid dienone is 4. The third-order valence-corrected chi connectivity index (χ3v) is 3.06. The van der Waals surface area contributed by atoms with Gasteiger partial charge in [-0.1, -0.05) is 19.9 Å². The smallest absolute Gasteiger partial charge is 0.162 e. The van der Waals surface area contributed by atoms with Gasteiger partial charge in [0.2, 0.25) is 0 Å². The number of hydrogen-bond acceptors (Lipinski definition) is 4. The van der Waals surface area contributed by atoms with E-state index in [4.69, 9.17) is 11.5 Å². The van der Waals surface area contributed by atoms with Gasteiger partial charge in [-0.3, -0.25) is 0 Å². The molecule has 18 heavy (non-hydrogen) atoms. The minimum atomic E-state index is -0.141. The lowest BCUT2D eigenvalue weighted by Gasteiger charge is -2.26. The normalized spacial score (nSPS) is 18.1. The SMILES string of the molecule is CC1(C)C=C(c2ccc(N)c(O)c2N)C=C(O)C1. The molecule has 4 nitrogen and oxygen atoms in total. The van der Waals surface area contributed by atoms with Crippen LogP contribution in [-0.4, -0.2) is 10.2 Å². The summed E-state index contributed by atoms with van der Waals surface area (Å²) >= 11 is 0. The number of benzene rings is 1. The van der Waals surface area contributed by atoms with E-state index in [9.17, 15) is 10.2 Å². The maximum Gasteiger partial charge on any atom is 0.162 e. The topological polar surface area (TPSA) is 92.5 Å². The van der Waals surface area contributed by atoms with Crippen molar-refractivity contribution >= 4 is 16.9 Å². The number of anilines is 2. The largest absolute Gasteiger partial charge is 0.512 e. The Balaban J connectivity index is 2.56. The molecule has 1 aliphatic rings. The van der Waals surface area contributed by atoms with E-state index in [0.29, 0.717) is 17.7 Å². The first-order chi connectivity index (χ1) is 8.30. The van der Waals surface area contributed by atoms with Crippen molar-refractivity contribution < 1.29 is 10.2 Å². The van der Waals surface area contributed by atoms with Crippen LogP contribution in [0.25, 0.3) is 5.57 Å². The minimum Gasteiger partial charge on any atom is -0.512 e. The molecule has 0 fully saturated rings. The van der Waals surface area contributed by atoms with Crippen LogP contribution in [0.1, 0.15) is 25.8 Å². The summed E-state index contributed by atoms with van der Waals surface area (Å²) in [4.78, 5) is 0. The van der Waals surface area contributed by atoms with Crippen molar-refractivity contribution in [1.82, 2.24) is 0 Å². The maximum atomic E-state index is 9.78. The fourth-order valence-corrected chi connectivity index (χ4v) is 2.24. The number of aliphatic hydroxyl groups is 1. The minimum absolute atomic E-state index is 0.107. The van der Waals surface area contributed by atoms with E-state index in [-0.39, 0.29) is 22.5 Å². The first-order valence-electron chi connectivity index (χ1n) is 5.80. The molecule has 0 radical (unpaired) electrons. The lowest BCUT2D eigenvalue weighted by Crippen LogP contribution is -2.13. The van der Waals surface area contributed by atoms with Crippen molar-refractivity contribution in [2.24, 2.45) is 5.41 Å². The highest BCUT2D eigenvalue weighted by molar-refractivity contribution is 5.87. The predicted molar refractivity (Wildman–Crippen MR) is 74.0 cm³/mol. The Bertz CT molecular complexity index is 557. The standard InChI is InChI=1S/C14H18N2O2/c1-14(2)6-8(5-9(17)7-14)10-3-4-11(15)13(18)12(10)16/h3-6,17-18H,7,15-16H2,1-2H3. The summed E-state index contributed by atoms with van der Waals surface area (Å²) in [5, 5.41) is 19.5. The van der Waals surface area contributed by atoms with Gasteiger partial charge in [-0.15, -0.1) is 0 Å². The van der Waals surface area contributed by atoms with Gasteiger partial charge in [-0.2, -0.15) is 0 Å². The third-order valence-electron chi connectivity index (χ3n) is 3.06. The molecule has 6 N–H and O–H groups in total. The number of nitrogens with two attached hydrogens (primary N) is 2. The molecule has 0 unspecified atom stereocenters. The van der Waals surface area contributed by atoms with Crippen LogP contribution in [0.15, 0.2) is 30.0 Å². The zero-order valence-corrected chi connectivity index (χ0v) is 10.6. The molecule has 2 rings (SSSR count). The van der Waals surface area contributed by atoms with E-state index in [0.717, 1.165) is 5.57 Å². The molecule has 0 atom stereocenters. The van der Waals surface area contributed by atoms with Gasteiger partial charge in [0.25, 0.3) is 0 Å². The summed E-state index contributed by atoms with van der Waals surface area (Å²) in [5.41, 5.74) is 13.3. The molecule has 0 aromatic heterocycles. The van der Waals surface area contributed by atoms with Gasteiger partial charge < -0.3 is 21.7 Å². The Morgan fingerprint density at radius 3 is 2.44 bits per heavy atom. The fourth-order valence-electron chi connectivity index (χ4n) is 2.24. The monoisotopic (exact) mass is 246 g/mol. The molecule has 4 heteroatoms. The quantitative estimate of drug-likeness (QED) is 0.453. The molecule has 0 spiro atoms. The molecule has 96 valence electrons. The second-order valence-corrected chi connectivity index (χ2v) is 5.37. The van der Waals surface area contributed by atoms with Gasteiger partial charge in [0.05, 0.1) is 17.1 Å². The van der Waals surface area contributed by atoms with Crippen molar-refractivity contribution in [2.75, 3.05) is 11.5 Å². The Morgan fingerprint density at radius 2 is 1.83 bits per heavy atom. The lowest BCUT2D eigenvalue weighted by molar-refractivity contribution is 0.325. The van der Waals surface area contributed by atoms with E-state index in [1.165, 1.54) is 0 Å². The number of rotatable bonds is 1. The molecule has 1 aliphatic carbocycles. The highest BCUT2D eigenvalue weighted by atomic mass is 16.3.